The molecule has 78 valence electrons. The first kappa shape index (κ1) is 11.3. The lowest BCUT2D eigenvalue weighted by molar-refractivity contribution is -0.120. The molecule has 1 rings (SSSR count). The highest BCUT2D eigenvalue weighted by Crippen LogP contribution is 2.24. The fraction of sp³-hybridized carbons (Fsp3) is 0.778. The predicted molar refractivity (Wildman–Crippen MR) is 57.0 cm³/mol. The van der Waals surface area contributed by atoms with Crippen LogP contribution in [0.3, 0.4) is 0 Å². The van der Waals surface area contributed by atoms with Crippen LogP contribution < -0.4 is 10.6 Å². The Hall–Kier alpha value is -0.730. The van der Waals surface area contributed by atoms with E-state index >= 15 is 0 Å². The first-order chi connectivity index (χ1) is 6.83. The van der Waals surface area contributed by atoms with Gasteiger partial charge in [0.05, 0.1) is 12.6 Å². The number of hydrogen-bond acceptors (Lipinski definition) is 4. The highest BCUT2D eigenvalue weighted by Gasteiger charge is 2.14. The van der Waals surface area contributed by atoms with Crippen LogP contribution in [0.5, 0.6) is 0 Å². The molecule has 2 N–H and O–H groups in total. The van der Waals surface area contributed by atoms with Gasteiger partial charge < -0.3 is 10.6 Å². The van der Waals surface area contributed by atoms with Crippen molar-refractivity contribution in [2.45, 2.75) is 18.1 Å². The number of rotatable bonds is 5. The first-order valence-corrected chi connectivity index (χ1v) is 5.84. The van der Waals surface area contributed by atoms with Crippen LogP contribution in [-0.2, 0) is 4.79 Å². The third kappa shape index (κ3) is 4.49. The predicted octanol–water partition coefficient (Wildman–Crippen LogP) is 0.111. The molecule has 1 saturated heterocycles. The lowest BCUT2D eigenvalue weighted by Gasteiger charge is -2.09. The standard InChI is InChI=1S/C9H15N3OS/c10-3-4-12-9(13)7-11-6-8-2-1-5-14-8/h8,11H,1-2,4-7H2,(H,12,13). The molecule has 0 aliphatic carbocycles. The molecule has 1 unspecified atom stereocenters. The minimum Gasteiger partial charge on any atom is -0.342 e. The van der Waals surface area contributed by atoms with Gasteiger partial charge in [-0.1, -0.05) is 0 Å². The fourth-order valence-electron chi connectivity index (χ4n) is 1.35. The van der Waals surface area contributed by atoms with Gasteiger partial charge in [0.2, 0.25) is 5.91 Å². The molecule has 0 aromatic carbocycles. The Labute approximate surface area is 88.4 Å². The summed E-state index contributed by atoms with van der Waals surface area (Å²) in [5.41, 5.74) is 0. The third-order valence-electron chi connectivity index (χ3n) is 2.05. The number of nitrogens with one attached hydrogen (secondary N) is 2. The normalized spacial score (nSPS) is 20.4. The van der Waals surface area contributed by atoms with E-state index in [2.05, 4.69) is 10.6 Å². The number of carbonyl (C=O) groups excluding carboxylic acids is 1. The van der Waals surface area contributed by atoms with Gasteiger partial charge in [-0.3, -0.25) is 4.79 Å². The Morgan fingerprint density at radius 2 is 2.50 bits per heavy atom. The summed E-state index contributed by atoms with van der Waals surface area (Å²) in [7, 11) is 0. The van der Waals surface area contributed by atoms with Crippen molar-refractivity contribution in [2.24, 2.45) is 0 Å². The molecule has 0 saturated carbocycles. The number of nitriles is 1. The van der Waals surface area contributed by atoms with Crippen molar-refractivity contribution < 1.29 is 4.79 Å². The average molecular weight is 213 g/mol. The van der Waals surface area contributed by atoms with E-state index in [-0.39, 0.29) is 12.5 Å². The van der Waals surface area contributed by atoms with E-state index in [1.165, 1.54) is 18.6 Å². The van der Waals surface area contributed by atoms with Crippen molar-refractivity contribution in [1.29, 1.82) is 5.26 Å². The molecule has 1 aliphatic heterocycles. The van der Waals surface area contributed by atoms with E-state index in [1.54, 1.807) is 0 Å². The molecule has 1 aliphatic rings. The zero-order chi connectivity index (χ0) is 10.2. The summed E-state index contributed by atoms with van der Waals surface area (Å²) in [5.74, 6) is 1.14. The summed E-state index contributed by atoms with van der Waals surface area (Å²) in [6.45, 7) is 1.31. The van der Waals surface area contributed by atoms with Crippen LogP contribution in [-0.4, -0.2) is 36.5 Å². The molecule has 0 bridgehead atoms. The lowest BCUT2D eigenvalue weighted by atomic mass is 10.2. The second-order valence-corrected chi connectivity index (χ2v) is 4.61. The van der Waals surface area contributed by atoms with Gasteiger partial charge in [0, 0.05) is 11.8 Å². The Morgan fingerprint density at radius 3 is 3.14 bits per heavy atom. The minimum atomic E-state index is -0.102. The summed E-state index contributed by atoms with van der Waals surface area (Å²) in [6.07, 6.45) is 2.54. The SMILES string of the molecule is N#CCNC(=O)CNCC1CCCS1. The van der Waals surface area contributed by atoms with Crippen molar-refractivity contribution in [3.05, 3.63) is 0 Å². The highest BCUT2D eigenvalue weighted by atomic mass is 32.2. The number of thioether (sulfide) groups is 1. The molecular weight excluding hydrogens is 198 g/mol. The zero-order valence-corrected chi connectivity index (χ0v) is 8.90. The molecule has 1 heterocycles. The Kier molecular flexibility index (Phi) is 5.42. The van der Waals surface area contributed by atoms with Gasteiger partial charge in [-0.25, -0.2) is 0 Å². The van der Waals surface area contributed by atoms with E-state index < -0.39 is 0 Å². The molecular formula is C9H15N3OS. The minimum absolute atomic E-state index is 0.0959. The highest BCUT2D eigenvalue weighted by molar-refractivity contribution is 8.00. The number of hydrogen-bond donors (Lipinski definition) is 2. The Morgan fingerprint density at radius 1 is 1.64 bits per heavy atom. The van der Waals surface area contributed by atoms with E-state index in [0.717, 1.165) is 6.54 Å². The summed E-state index contributed by atoms with van der Waals surface area (Å²) in [5, 5.41) is 14.5. The quantitative estimate of drug-likeness (QED) is 0.636. The van der Waals surface area contributed by atoms with Gasteiger partial charge >= 0.3 is 0 Å². The van der Waals surface area contributed by atoms with Gasteiger partial charge in [-0.15, -0.1) is 0 Å². The summed E-state index contributed by atoms with van der Waals surface area (Å²) in [6, 6.07) is 1.87. The molecule has 0 aromatic heterocycles. The molecule has 4 nitrogen and oxygen atoms in total. The summed E-state index contributed by atoms with van der Waals surface area (Å²) in [4.78, 5) is 11.0. The van der Waals surface area contributed by atoms with Crippen LogP contribution in [0.1, 0.15) is 12.8 Å². The van der Waals surface area contributed by atoms with Crippen LogP contribution in [0.4, 0.5) is 0 Å². The van der Waals surface area contributed by atoms with Crippen LogP contribution in [0.15, 0.2) is 0 Å². The van der Waals surface area contributed by atoms with Gasteiger partial charge in [0.25, 0.3) is 0 Å². The second-order valence-electron chi connectivity index (χ2n) is 3.20. The Bertz CT molecular complexity index is 221. The van der Waals surface area contributed by atoms with Crippen LogP contribution in [0, 0.1) is 11.3 Å². The molecule has 1 atom stereocenters. The van der Waals surface area contributed by atoms with Crippen molar-refractivity contribution in [3.8, 4) is 6.07 Å². The van der Waals surface area contributed by atoms with E-state index in [1.807, 2.05) is 17.8 Å². The fourth-order valence-corrected chi connectivity index (χ4v) is 2.59. The maximum atomic E-state index is 11.0. The van der Waals surface area contributed by atoms with Crippen LogP contribution >= 0.6 is 11.8 Å². The van der Waals surface area contributed by atoms with Gasteiger partial charge in [-0.05, 0) is 18.6 Å². The van der Waals surface area contributed by atoms with E-state index in [0.29, 0.717) is 11.8 Å². The number of amides is 1. The van der Waals surface area contributed by atoms with Crippen molar-refractivity contribution in [3.63, 3.8) is 0 Å². The van der Waals surface area contributed by atoms with Crippen molar-refractivity contribution >= 4 is 17.7 Å². The Balaban J connectivity index is 1.97. The third-order valence-corrected chi connectivity index (χ3v) is 3.44. The molecule has 1 fully saturated rings. The van der Waals surface area contributed by atoms with Crippen LogP contribution in [0.25, 0.3) is 0 Å². The maximum absolute atomic E-state index is 11.0. The van der Waals surface area contributed by atoms with E-state index in [4.69, 9.17) is 5.26 Å². The number of nitrogens with zero attached hydrogens (tertiary/aromatic N) is 1. The average Bonchev–Trinajstić information content (AvgIpc) is 2.67. The number of carbonyl (C=O) groups is 1. The van der Waals surface area contributed by atoms with Crippen molar-refractivity contribution in [1.82, 2.24) is 10.6 Å². The van der Waals surface area contributed by atoms with Gasteiger partial charge in [-0.2, -0.15) is 17.0 Å². The topological polar surface area (TPSA) is 64.9 Å². The molecule has 0 spiro atoms. The molecule has 0 radical (unpaired) electrons. The first-order valence-electron chi connectivity index (χ1n) is 4.79. The molecule has 0 aromatic rings. The summed E-state index contributed by atoms with van der Waals surface area (Å²) >= 11 is 1.97. The molecule has 1 amide bonds. The molecule has 14 heavy (non-hydrogen) atoms. The largest absolute Gasteiger partial charge is 0.342 e. The smallest absolute Gasteiger partial charge is 0.234 e. The summed E-state index contributed by atoms with van der Waals surface area (Å²) < 4.78 is 0. The second kappa shape index (κ2) is 6.68. The van der Waals surface area contributed by atoms with Gasteiger partial charge in [0.1, 0.15) is 6.54 Å². The zero-order valence-electron chi connectivity index (χ0n) is 8.08. The van der Waals surface area contributed by atoms with E-state index in [9.17, 15) is 4.79 Å². The van der Waals surface area contributed by atoms with Gasteiger partial charge in [0.15, 0.2) is 0 Å². The molecule has 5 heteroatoms. The lowest BCUT2D eigenvalue weighted by Crippen LogP contribution is -2.36. The van der Waals surface area contributed by atoms with Crippen LogP contribution in [0.2, 0.25) is 0 Å². The maximum Gasteiger partial charge on any atom is 0.234 e. The monoisotopic (exact) mass is 213 g/mol. The van der Waals surface area contributed by atoms with Crippen molar-refractivity contribution in [2.75, 3.05) is 25.4 Å².